The van der Waals surface area contributed by atoms with Crippen LogP contribution in [-0.2, 0) is 5.41 Å². The van der Waals surface area contributed by atoms with Gasteiger partial charge >= 0.3 is 0 Å². The summed E-state index contributed by atoms with van der Waals surface area (Å²) in [5.74, 6) is 2.03. The zero-order valence-corrected chi connectivity index (χ0v) is 22.0. The normalized spacial score (nSPS) is 13.1. The molecule has 1 aliphatic rings. The van der Waals surface area contributed by atoms with E-state index in [-0.39, 0.29) is 0 Å². The third kappa shape index (κ3) is 3.52. The first kappa shape index (κ1) is 22.8. The van der Waals surface area contributed by atoms with Crippen molar-refractivity contribution >= 4 is 15.9 Å². The molecule has 0 aliphatic heterocycles. The van der Waals surface area contributed by atoms with E-state index in [1.165, 1.54) is 22.3 Å². The van der Waals surface area contributed by atoms with Crippen LogP contribution in [0.1, 0.15) is 22.5 Å². The van der Waals surface area contributed by atoms with Gasteiger partial charge in [0.05, 0.1) is 0 Å². The summed E-state index contributed by atoms with van der Waals surface area (Å²) in [7, 11) is 0. The summed E-state index contributed by atoms with van der Waals surface area (Å²) < 4.78 is 1.03. The van der Waals surface area contributed by atoms with Gasteiger partial charge in [-0.1, -0.05) is 137 Å². The summed E-state index contributed by atoms with van der Waals surface area (Å²) in [5.41, 5.74) is 7.08. The molecule has 7 rings (SSSR count). The van der Waals surface area contributed by atoms with Crippen LogP contribution in [0.15, 0.2) is 138 Å². The molecule has 180 valence electrons. The quantitative estimate of drug-likeness (QED) is 0.220. The first-order chi connectivity index (χ1) is 18.7. The molecule has 0 radical (unpaired) electrons. The second kappa shape index (κ2) is 9.16. The van der Waals surface area contributed by atoms with Gasteiger partial charge in [-0.25, -0.2) is 15.0 Å². The summed E-state index contributed by atoms with van der Waals surface area (Å²) in [4.78, 5) is 15.5. The Morgan fingerprint density at radius 2 is 0.895 bits per heavy atom. The minimum Gasteiger partial charge on any atom is -0.211 e. The van der Waals surface area contributed by atoms with Crippen LogP contribution >= 0.6 is 15.9 Å². The van der Waals surface area contributed by atoms with Crippen molar-refractivity contribution in [2.24, 2.45) is 0 Å². The molecule has 0 fully saturated rings. The molecule has 0 N–H and O–H groups in total. The second-order valence-corrected chi connectivity index (χ2v) is 10.3. The lowest BCUT2D eigenvalue weighted by molar-refractivity contribution is 0.692. The number of hydrogen-bond acceptors (Lipinski definition) is 3. The van der Waals surface area contributed by atoms with Crippen molar-refractivity contribution < 1.29 is 0 Å². The van der Waals surface area contributed by atoms with Gasteiger partial charge in [0, 0.05) is 15.6 Å². The fourth-order valence-electron chi connectivity index (χ4n) is 5.59. The second-order valence-electron chi connectivity index (χ2n) is 9.39. The van der Waals surface area contributed by atoms with E-state index in [0.29, 0.717) is 17.5 Å². The minimum atomic E-state index is -0.704. The highest BCUT2D eigenvalue weighted by atomic mass is 79.9. The minimum absolute atomic E-state index is 0.660. The fraction of sp³-hybridized carbons (Fsp3) is 0.0294. The molecule has 1 heterocycles. The lowest BCUT2D eigenvalue weighted by Crippen LogP contribution is -2.31. The topological polar surface area (TPSA) is 38.7 Å². The van der Waals surface area contributed by atoms with Crippen LogP contribution in [0.4, 0.5) is 0 Å². The van der Waals surface area contributed by atoms with Crippen molar-refractivity contribution in [1.29, 1.82) is 0 Å². The summed E-state index contributed by atoms with van der Waals surface area (Å²) in [6.45, 7) is 0. The lowest BCUT2D eigenvalue weighted by atomic mass is 9.71. The smallest absolute Gasteiger partial charge is 0.163 e. The molecular weight excluding hydrogens is 530 g/mol. The molecule has 5 aromatic carbocycles. The summed E-state index contributed by atoms with van der Waals surface area (Å²) in [6, 6.07) is 46.1. The number of nitrogens with zero attached hydrogens (tertiary/aromatic N) is 3. The van der Waals surface area contributed by atoms with E-state index >= 15 is 0 Å². The number of rotatable bonds is 4. The van der Waals surface area contributed by atoms with Crippen molar-refractivity contribution in [3.05, 3.63) is 160 Å². The fourth-order valence-corrected chi connectivity index (χ4v) is 5.86. The standard InChI is InChI=1S/C34H22BrN3/c35-26-21-19-25(20-22-26)34(29-17-9-7-15-27(29)28-16-8-10-18-30(28)34)33-37-31(23-11-3-1-4-12-23)36-32(38-33)24-13-5-2-6-14-24/h1-22H. The van der Waals surface area contributed by atoms with Crippen LogP contribution in [0.2, 0.25) is 0 Å². The highest BCUT2D eigenvalue weighted by Crippen LogP contribution is 2.55. The highest BCUT2D eigenvalue weighted by Gasteiger charge is 2.48. The van der Waals surface area contributed by atoms with E-state index in [4.69, 9.17) is 15.0 Å². The van der Waals surface area contributed by atoms with Crippen LogP contribution in [0, 0.1) is 0 Å². The van der Waals surface area contributed by atoms with Crippen molar-refractivity contribution in [1.82, 2.24) is 15.0 Å². The van der Waals surface area contributed by atoms with E-state index in [9.17, 15) is 0 Å². The van der Waals surface area contributed by atoms with Gasteiger partial charge in [-0.15, -0.1) is 0 Å². The van der Waals surface area contributed by atoms with Gasteiger partial charge in [0.15, 0.2) is 17.5 Å². The van der Waals surface area contributed by atoms with E-state index in [0.717, 1.165) is 21.2 Å². The summed E-state index contributed by atoms with van der Waals surface area (Å²) >= 11 is 3.63. The molecule has 3 nitrogen and oxygen atoms in total. The largest absolute Gasteiger partial charge is 0.211 e. The van der Waals surface area contributed by atoms with Gasteiger partial charge in [0.2, 0.25) is 0 Å². The van der Waals surface area contributed by atoms with Crippen molar-refractivity contribution in [2.75, 3.05) is 0 Å². The van der Waals surface area contributed by atoms with E-state index in [2.05, 4.69) is 113 Å². The summed E-state index contributed by atoms with van der Waals surface area (Å²) in [5, 5.41) is 0. The Hall–Kier alpha value is -4.41. The van der Waals surface area contributed by atoms with Crippen molar-refractivity contribution in [2.45, 2.75) is 5.41 Å². The molecule has 38 heavy (non-hydrogen) atoms. The van der Waals surface area contributed by atoms with E-state index in [1.807, 2.05) is 36.4 Å². The average Bonchev–Trinajstić information content (AvgIpc) is 3.30. The number of aromatic nitrogens is 3. The van der Waals surface area contributed by atoms with Crippen LogP contribution < -0.4 is 0 Å². The Balaban J connectivity index is 1.62. The maximum absolute atomic E-state index is 5.25. The summed E-state index contributed by atoms with van der Waals surface area (Å²) in [6.07, 6.45) is 0. The van der Waals surface area contributed by atoms with E-state index in [1.54, 1.807) is 0 Å². The van der Waals surface area contributed by atoms with Crippen LogP contribution in [0.3, 0.4) is 0 Å². The molecule has 0 atom stereocenters. The molecule has 0 unspecified atom stereocenters. The van der Waals surface area contributed by atoms with Crippen LogP contribution in [0.5, 0.6) is 0 Å². The molecule has 6 aromatic rings. The molecule has 1 aromatic heterocycles. The molecule has 0 saturated carbocycles. The Kier molecular flexibility index (Phi) is 5.49. The molecule has 0 saturated heterocycles. The zero-order chi connectivity index (χ0) is 25.5. The van der Waals surface area contributed by atoms with Crippen LogP contribution in [0.25, 0.3) is 33.9 Å². The van der Waals surface area contributed by atoms with Crippen molar-refractivity contribution in [3.63, 3.8) is 0 Å². The molecule has 0 spiro atoms. The van der Waals surface area contributed by atoms with E-state index < -0.39 is 5.41 Å². The first-order valence-electron chi connectivity index (χ1n) is 12.6. The predicted octanol–water partition coefficient (Wildman–Crippen LogP) is 8.33. The predicted molar refractivity (Wildman–Crippen MR) is 156 cm³/mol. The lowest BCUT2D eigenvalue weighted by Gasteiger charge is -2.32. The molecule has 0 amide bonds. The Morgan fingerprint density at radius 1 is 0.447 bits per heavy atom. The number of fused-ring (bicyclic) bond motifs is 3. The molecule has 1 aliphatic carbocycles. The maximum atomic E-state index is 5.25. The number of halogens is 1. The Morgan fingerprint density at radius 3 is 1.39 bits per heavy atom. The molecular formula is C34H22BrN3. The Bertz CT molecular complexity index is 1660. The molecule has 0 bridgehead atoms. The Labute approximate surface area is 230 Å². The van der Waals surface area contributed by atoms with Gasteiger partial charge in [-0.05, 0) is 39.9 Å². The van der Waals surface area contributed by atoms with Crippen LogP contribution in [-0.4, -0.2) is 15.0 Å². The van der Waals surface area contributed by atoms with Gasteiger partial charge in [-0.3, -0.25) is 0 Å². The zero-order valence-electron chi connectivity index (χ0n) is 20.4. The van der Waals surface area contributed by atoms with Crippen molar-refractivity contribution in [3.8, 4) is 33.9 Å². The average molecular weight is 552 g/mol. The third-order valence-corrected chi connectivity index (χ3v) is 7.79. The number of hydrogen-bond donors (Lipinski definition) is 0. The monoisotopic (exact) mass is 551 g/mol. The van der Waals surface area contributed by atoms with Gasteiger partial charge in [0.25, 0.3) is 0 Å². The van der Waals surface area contributed by atoms with Gasteiger partial charge < -0.3 is 0 Å². The maximum Gasteiger partial charge on any atom is 0.163 e. The molecule has 4 heteroatoms. The third-order valence-electron chi connectivity index (χ3n) is 7.26. The SMILES string of the molecule is Brc1ccc(C2(c3nc(-c4ccccc4)nc(-c4ccccc4)n3)c3ccccc3-c3ccccc32)cc1. The number of benzene rings is 5. The van der Waals surface area contributed by atoms with Gasteiger partial charge in [0.1, 0.15) is 5.41 Å². The highest BCUT2D eigenvalue weighted by molar-refractivity contribution is 9.10. The van der Waals surface area contributed by atoms with Gasteiger partial charge in [-0.2, -0.15) is 0 Å². The first-order valence-corrected chi connectivity index (χ1v) is 13.4.